The van der Waals surface area contributed by atoms with Crippen molar-refractivity contribution in [3.8, 4) is 11.8 Å². The number of carbonyl (C=O) groups is 1. The van der Waals surface area contributed by atoms with Crippen molar-refractivity contribution in [2.75, 3.05) is 17.9 Å². The second-order valence-electron chi connectivity index (χ2n) is 3.48. The van der Waals surface area contributed by atoms with Crippen molar-refractivity contribution < 1.29 is 17.9 Å². The normalized spacial score (nSPS) is 10.1. The Balaban J connectivity index is 2.90. The second-order valence-corrected chi connectivity index (χ2v) is 4.89. The minimum Gasteiger partial charge on any atom is -0.449 e. The SMILES string of the molecule is CCOC(=O)NS(=O)(=O)Nc1ccccc1C#CCN. The molecule has 0 aliphatic rings. The van der Waals surface area contributed by atoms with Crippen LogP contribution in [-0.4, -0.2) is 27.7 Å². The van der Waals surface area contributed by atoms with Crippen molar-refractivity contribution in [1.82, 2.24) is 4.72 Å². The highest BCUT2D eigenvalue weighted by atomic mass is 32.2. The van der Waals surface area contributed by atoms with E-state index in [1.165, 1.54) is 6.07 Å². The molecule has 1 rings (SSSR count). The number of hydrogen-bond donors (Lipinski definition) is 3. The van der Waals surface area contributed by atoms with Gasteiger partial charge < -0.3 is 10.5 Å². The molecule has 0 aliphatic heterocycles. The molecule has 0 saturated carbocycles. The Bertz CT molecular complexity index is 632. The fourth-order valence-electron chi connectivity index (χ4n) is 1.27. The summed E-state index contributed by atoms with van der Waals surface area (Å²) in [6, 6.07) is 6.49. The fourth-order valence-corrected chi connectivity index (χ4v) is 2.06. The molecule has 0 spiro atoms. The van der Waals surface area contributed by atoms with Crippen LogP contribution in [0, 0.1) is 11.8 Å². The summed E-state index contributed by atoms with van der Waals surface area (Å²) in [6.07, 6.45) is -1.05. The summed E-state index contributed by atoms with van der Waals surface area (Å²) >= 11 is 0. The van der Waals surface area contributed by atoms with Crippen LogP contribution in [0.15, 0.2) is 24.3 Å². The van der Waals surface area contributed by atoms with E-state index in [1.54, 1.807) is 29.8 Å². The minimum atomic E-state index is -4.08. The van der Waals surface area contributed by atoms with Gasteiger partial charge in [0.05, 0.1) is 18.8 Å². The van der Waals surface area contributed by atoms with Crippen LogP contribution < -0.4 is 15.2 Å². The van der Waals surface area contributed by atoms with Crippen LogP contribution in [0.5, 0.6) is 0 Å². The molecule has 1 amide bonds. The molecule has 0 bridgehead atoms. The Labute approximate surface area is 117 Å². The van der Waals surface area contributed by atoms with Crippen molar-refractivity contribution >= 4 is 22.0 Å². The zero-order valence-electron chi connectivity index (χ0n) is 10.8. The topological polar surface area (TPSA) is 111 Å². The maximum atomic E-state index is 11.7. The van der Waals surface area contributed by atoms with Gasteiger partial charge in [-0.25, -0.2) is 9.52 Å². The third kappa shape index (κ3) is 5.17. The number of nitrogens with two attached hydrogens (primary N) is 1. The summed E-state index contributed by atoms with van der Waals surface area (Å²) in [6.45, 7) is 1.79. The first-order chi connectivity index (χ1) is 9.48. The average Bonchev–Trinajstić information content (AvgIpc) is 2.36. The van der Waals surface area contributed by atoms with Crippen molar-refractivity contribution in [1.29, 1.82) is 0 Å². The Morgan fingerprint density at radius 1 is 1.40 bits per heavy atom. The highest BCUT2D eigenvalue weighted by molar-refractivity contribution is 7.91. The van der Waals surface area contributed by atoms with Crippen molar-refractivity contribution in [3.63, 3.8) is 0 Å². The second kappa shape index (κ2) is 7.37. The van der Waals surface area contributed by atoms with Gasteiger partial charge in [0.15, 0.2) is 0 Å². The molecule has 108 valence electrons. The van der Waals surface area contributed by atoms with E-state index in [4.69, 9.17) is 5.73 Å². The van der Waals surface area contributed by atoms with Gasteiger partial charge in [-0.05, 0) is 19.1 Å². The summed E-state index contributed by atoms with van der Waals surface area (Å²) < 4.78 is 31.8. The predicted molar refractivity (Wildman–Crippen MR) is 75.1 cm³/mol. The summed E-state index contributed by atoms with van der Waals surface area (Å²) in [5.41, 5.74) is 5.96. The quantitative estimate of drug-likeness (QED) is 0.697. The van der Waals surface area contributed by atoms with E-state index < -0.39 is 16.3 Å². The zero-order chi connectivity index (χ0) is 15.0. The van der Waals surface area contributed by atoms with E-state index in [2.05, 4.69) is 21.3 Å². The van der Waals surface area contributed by atoms with Crippen molar-refractivity contribution in [2.24, 2.45) is 5.73 Å². The Kier molecular flexibility index (Phi) is 5.83. The van der Waals surface area contributed by atoms with Crippen LogP contribution in [-0.2, 0) is 14.9 Å². The smallest absolute Gasteiger partial charge is 0.422 e. The molecule has 4 N–H and O–H groups in total. The zero-order valence-corrected chi connectivity index (χ0v) is 11.7. The third-order valence-corrected chi connectivity index (χ3v) is 2.91. The van der Waals surface area contributed by atoms with Gasteiger partial charge in [0.2, 0.25) is 0 Å². The largest absolute Gasteiger partial charge is 0.449 e. The van der Waals surface area contributed by atoms with Crippen LogP contribution in [0.2, 0.25) is 0 Å². The molecule has 1 aromatic carbocycles. The number of hydrogen-bond acceptors (Lipinski definition) is 5. The number of carbonyl (C=O) groups excluding carboxylic acids is 1. The lowest BCUT2D eigenvalue weighted by Crippen LogP contribution is -2.35. The number of ether oxygens (including phenoxy) is 1. The molecule has 1 aromatic rings. The van der Waals surface area contributed by atoms with E-state index in [-0.39, 0.29) is 18.8 Å². The molecule has 0 aliphatic carbocycles. The first kappa shape index (κ1) is 15.8. The maximum absolute atomic E-state index is 11.7. The molecule has 0 heterocycles. The third-order valence-electron chi connectivity index (χ3n) is 1.99. The number of anilines is 1. The van der Waals surface area contributed by atoms with Crippen molar-refractivity contribution in [3.05, 3.63) is 29.8 Å². The van der Waals surface area contributed by atoms with E-state index in [0.717, 1.165) is 0 Å². The first-order valence-corrected chi connectivity index (χ1v) is 7.22. The lowest BCUT2D eigenvalue weighted by Gasteiger charge is -2.10. The molecule has 0 fully saturated rings. The molecule has 0 aromatic heterocycles. The van der Waals surface area contributed by atoms with Crippen LogP contribution in [0.4, 0.5) is 10.5 Å². The Morgan fingerprint density at radius 2 is 2.10 bits per heavy atom. The lowest BCUT2D eigenvalue weighted by molar-refractivity contribution is 0.159. The van der Waals surface area contributed by atoms with Gasteiger partial charge in [-0.3, -0.25) is 4.72 Å². The summed E-state index contributed by atoms with van der Waals surface area (Å²) in [5.74, 6) is 5.35. The number of benzene rings is 1. The van der Waals surface area contributed by atoms with Crippen LogP contribution in [0.25, 0.3) is 0 Å². The van der Waals surface area contributed by atoms with Gasteiger partial charge >= 0.3 is 16.3 Å². The molecular formula is C12H15N3O4S. The monoisotopic (exact) mass is 297 g/mol. The molecule has 20 heavy (non-hydrogen) atoms. The van der Waals surface area contributed by atoms with E-state index in [0.29, 0.717) is 5.56 Å². The van der Waals surface area contributed by atoms with E-state index in [9.17, 15) is 13.2 Å². The van der Waals surface area contributed by atoms with Gasteiger partial charge in [-0.1, -0.05) is 24.0 Å². The van der Waals surface area contributed by atoms with E-state index >= 15 is 0 Å². The van der Waals surface area contributed by atoms with Gasteiger partial charge in [0.1, 0.15) is 0 Å². The molecule has 8 heteroatoms. The van der Waals surface area contributed by atoms with Gasteiger partial charge in [-0.15, -0.1) is 0 Å². The van der Waals surface area contributed by atoms with Gasteiger partial charge in [0.25, 0.3) is 0 Å². The molecule has 0 atom stereocenters. The maximum Gasteiger partial charge on any atom is 0.422 e. The molecule has 0 radical (unpaired) electrons. The first-order valence-electron chi connectivity index (χ1n) is 5.73. The number of amides is 1. The number of nitrogens with one attached hydrogen (secondary N) is 2. The molecule has 0 saturated heterocycles. The van der Waals surface area contributed by atoms with Gasteiger partial charge in [-0.2, -0.15) is 8.42 Å². The summed E-state index contributed by atoms with van der Waals surface area (Å²) in [7, 11) is -4.08. The average molecular weight is 297 g/mol. The minimum absolute atomic E-state index is 0.0694. The molecule has 7 nitrogen and oxygen atoms in total. The van der Waals surface area contributed by atoms with Gasteiger partial charge in [0, 0.05) is 5.56 Å². The van der Waals surface area contributed by atoms with E-state index in [1.807, 2.05) is 0 Å². The molecule has 0 unspecified atom stereocenters. The summed E-state index contributed by atoms with van der Waals surface area (Å²) in [5, 5.41) is 0. The Hall–Kier alpha value is -2.24. The predicted octanol–water partition coefficient (Wildman–Crippen LogP) is 0.400. The van der Waals surface area contributed by atoms with Crippen LogP contribution in [0.1, 0.15) is 12.5 Å². The fraction of sp³-hybridized carbons (Fsp3) is 0.250. The molecular weight excluding hydrogens is 282 g/mol. The van der Waals surface area contributed by atoms with Crippen molar-refractivity contribution in [2.45, 2.75) is 6.92 Å². The number of rotatable bonds is 4. The number of para-hydroxylation sites is 1. The standard InChI is InChI=1S/C12H15N3O4S/c1-2-19-12(16)15-20(17,18)14-11-8-4-3-6-10(11)7-5-9-13/h3-4,6,8,14H,2,9,13H2,1H3,(H,15,16). The lowest BCUT2D eigenvalue weighted by atomic mass is 10.2. The van der Waals surface area contributed by atoms with Crippen LogP contribution >= 0.6 is 0 Å². The summed E-state index contributed by atoms with van der Waals surface area (Å²) in [4.78, 5) is 11.1. The van der Waals surface area contributed by atoms with Crippen LogP contribution in [0.3, 0.4) is 0 Å². The Morgan fingerprint density at radius 3 is 2.75 bits per heavy atom. The highest BCUT2D eigenvalue weighted by Gasteiger charge is 2.16. The highest BCUT2D eigenvalue weighted by Crippen LogP contribution is 2.14.